The molecule has 16 heavy (non-hydrogen) atoms. The molecule has 0 radical (unpaired) electrons. The number of carboxylic acid groups (broad SMARTS) is 1. The van der Waals surface area contributed by atoms with Gasteiger partial charge in [-0.05, 0) is 19.8 Å². The van der Waals surface area contributed by atoms with Gasteiger partial charge in [-0.25, -0.2) is 4.79 Å². The molecule has 0 bridgehead atoms. The minimum Gasteiger partial charge on any atom is -0.481 e. The lowest BCUT2D eigenvalue weighted by Crippen LogP contribution is -2.44. The van der Waals surface area contributed by atoms with Gasteiger partial charge in [-0.15, -0.1) is 0 Å². The Morgan fingerprint density at radius 1 is 1.44 bits per heavy atom. The van der Waals surface area contributed by atoms with Crippen LogP contribution in [0.2, 0.25) is 0 Å². The largest absolute Gasteiger partial charge is 0.481 e. The van der Waals surface area contributed by atoms with Crippen LogP contribution in [0.4, 0.5) is 4.79 Å². The van der Waals surface area contributed by atoms with Gasteiger partial charge in [0.2, 0.25) is 0 Å². The zero-order valence-electron chi connectivity index (χ0n) is 9.40. The van der Waals surface area contributed by atoms with Gasteiger partial charge >= 0.3 is 12.0 Å². The number of likely N-dealkylation sites (N-methyl/N-ethyl adjacent to an activating group) is 1. The van der Waals surface area contributed by atoms with E-state index in [0.29, 0.717) is 19.4 Å². The number of nitrogens with zero attached hydrogens (tertiary/aromatic N) is 1. The first kappa shape index (κ1) is 12.8. The molecule has 1 fully saturated rings. The van der Waals surface area contributed by atoms with Crippen LogP contribution in [-0.2, 0) is 4.79 Å². The number of hydrogen-bond donors (Lipinski definition) is 3. The topological polar surface area (TPSA) is 89.9 Å². The van der Waals surface area contributed by atoms with Crippen molar-refractivity contribution < 1.29 is 19.8 Å². The Hall–Kier alpha value is -1.30. The smallest absolute Gasteiger partial charge is 0.317 e. The van der Waals surface area contributed by atoms with Gasteiger partial charge in [-0.2, -0.15) is 0 Å². The normalized spacial score (nSPS) is 16.6. The molecule has 1 rings (SSSR count). The highest BCUT2D eigenvalue weighted by Crippen LogP contribution is 2.45. The predicted molar refractivity (Wildman–Crippen MR) is 57.0 cm³/mol. The molecule has 6 nitrogen and oxygen atoms in total. The molecule has 0 aliphatic heterocycles. The summed E-state index contributed by atoms with van der Waals surface area (Å²) < 4.78 is 0. The molecule has 0 saturated heterocycles. The second kappa shape index (κ2) is 5.16. The number of rotatable bonds is 6. The van der Waals surface area contributed by atoms with Crippen LogP contribution in [-0.4, -0.2) is 53.4 Å². The summed E-state index contributed by atoms with van der Waals surface area (Å²) in [6.07, 6.45) is 1.24. The van der Waals surface area contributed by atoms with Crippen LogP contribution >= 0.6 is 0 Å². The van der Waals surface area contributed by atoms with E-state index in [1.807, 2.05) is 0 Å². The van der Waals surface area contributed by atoms with E-state index in [1.54, 1.807) is 6.92 Å². The van der Waals surface area contributed by atoms with Crippen molar-refractivity contribution in [2.24, 2.45) is 5.41 Å². The van der Waals surface area contributed by atoms with Gasteiger partial charge in [0.1, 0.15) is 0 Å². The summed E-state index contributed by atoms with van der Waals surface area (Å²) in [5, 5.41) is 20.2. The van der Waals surface area contributed by atoms with Crippen molar-refractivity contribution in [2.45, 2.75) is 19.8 Å². The molecule has 6 heteroatoms. The summed E-state index contributed by atoms with van der Waals surface area (Å²) in [6, 6.07) is -0.316. The van der Waals surface area contributed by atoms with Crippen LogP contribution in [0.5, 0.6) is 0 Å². The van der Waals surface area contributed by atoms with Gasteiger partial charge in [-0.3, -0.25) is 4.79 Å². The number of aliphatic hydroxyl groups is 1. The fourth-order valence-corrected chi connectivity index (χ4v) is 1.50. The second-order valence-electron chi connectivity index (χ2n) is 4.05. The van der Waals surface area contributed by atoms with Gasteiger partial charge in [0.15, 0.2) is 0 Å². The lowest BCUT2D eigenvalue weighted by atomic mass is 10.1. The van der Waals surface area contributed by atoms with Crippen molar-refractivity contribution >= 4 is 12.0 Å². The molecule has 3 N–H and O–H groups in total. The first-order valence-electron chi connectivity index (χ1n) is 5.43. The molecule has 92 valence electrons. The Bertz CT molecular complexity index is 276. The number of aliphatic hydroxyl groups excluding tert-OH is 1. The molecule has 0 aromatic heterocycles. The number of hydrogen-bond acceptors (Lipinski definition) is 3. The average Bonchev–Trinajstić information content (AvgIpc) is 3.03. The molecule has 0 aromatic rings. The van der Waals surface area contributed by atoms with Crippen molar-refractivity contribution in [3.8, 4) is 0 Å². The third kappa shape index (κ3) is 2.85. The number of carbonyl (C=O) groups excluding carboxylic acids is 1. The van der Waals surface area contributed by atoms with Gasteiger partial charge in [0.05, 0.1) is 12.0 Å². The maximum atomic E-state index is 11.6. The van der Waals surface area contributed by atoms with E-state index in [-0.39, 0.29) is 25.7 Å². The third-order valence-electron chi connectivity index (χ3n) is 2.92. The van der Waals surface area contributed by atoms with E-state index in [1.165, 1.54) is 4.90 Å². The van der Waals surface area contributed by atoms with Gasteiger partial charge in [0, 0.05) is 19.6 Å². The van der Waals surface area contributed by atoms with E-state index in [4.69, 9.17) is 10.2 Å². The van der Waals surface area contributed by atoms with Crippen molar-refractivity contribution in [2.75, 3.05) is 26.2 Å². The van der Waals surface area contributed by atoms with E-state index >= 15 is 0 Å². The molecule has 0 aromatic carbocycles. The number of carbonyl (C=O) groups is 2. The number of carboxylic acids is 1. The predicted octanol–water partition coefficient (Wildman–Crippen LogP) is -0.125. The zero-order valence-corrected chi connectivity index (χ0v) is 9.40. The fourth-order valence-electron chi connectivity index (χ4n) is 1.50. The van der Waals surface area contributed by atoms with Crippen molar-refractivity contribution in [1.29, 1.82) is 0 Å². The maximum absolute atomic E-state index is 11.6. The Morgan fingerprint density at radius 2 is 2.06 bits per heavy atom. The second-order valence-corrected chi connectivity index (χ2v) is 4.05. The Balaban J connectivity index is 2.37. The molecule has 1 saturated carbocycles. The minimum absolute atomic E-state index is 0.0919. The number of aliphatic carboxylic acids is 1. The van der Waals surface area contributed by atoms with E-state index in [9.17, 15) is 9.59 Å². The van der Waals surface area contributed by atoms with Gasteiger partial charge in [-0.1, -0.05) is 0 Å². The quantitative estimate of drug-likeness (QED) is 0.593. The van der Waals surface area contributed by atoms with E-state index < -0.39 is 11.4 Å². The summed E-state index contributed by atoms with van der Waals surface area (Å²) in [6.45, 7) is 2.64. The van der Waals surface area contributed by atoms with Gasteiger partial charge in [0.25, 0.3) is 0 Å². The van der Waals surface area contributed by atoms with Crippen LogP contribution in [0.15, 0.2) is 0 Å². The molecule has 1 aliphatic rings. The highest BCUT2D eigenvalue weighted by atomic mass is 16.4. The fraction of sp³-hybridized carbons (Fsp3) is 0.800. The molecule has 2 amide bonds. The monoisotopic (exact) mass is 230 g/mol. The molecule has 0 spiro atoms. The van der Waals surface area contributed by atoms with Crippen molar-refractivity contribution in [1.82, 2.24) is 10.2 Å². The maximum Gasteiger partial charge on any atom is 0.317 e. The van der Waals surface area contributed by atoms with Crippen LogP contribution in [0.1, 0.15) is 19.8 Å². The molecular formula is C10H18N2O4. The average molecular weight is 230 g/mol. The zero-order chi connectivity index (χ0) is 12.2. The Kier molecular flexibility index (Phi) is 4.12. The molecule has 0 heterocycles. The molecule has 0 unspecified atom stereocenters. The lowest BCUT2D eigenvalue weighted by Gasteiger charge is -2.21. The van der Waals surface area contributed by atoms with E-state index in [2.05, 4.69) is 5.32 Å². The lowest BCUT2D eigenvalue weighted by molar-refractivity contribution is -0.143. The summed E-state index contributed by atoms with van der Waals surface area (Å²) in [5.41, 5.74) is -0.742. The standard InChI is InChI=1S/C10H18N2O4/c1-2-12(5-6-13)9(16)11-7-10(3-4-10)8(14)15/h13H,2-7H2,1H3,(H,11,16)(H,14,15). The third-order valence-corrected chi connectivity index (χ3v) is 2.92. The number of urea groups is 1. The number of nitrogens with one attached hydrogen (secondary N) is 1. The van der Waals surface area contributed by atoms with Crippen LogP contribution < -0.4 is 5.32 Å². The molecule has 1 aliphatic carbocycles. The van der Waals surface area contributed by atoms with Crippen LogP contribution in [0.3, 0.4) is 0 Å². The first-order chi connectivity index (χ1) is 7.55. The Morgan fingerprint density at radius 3 is 2.44 bits per heavy atom. The summed E-state index contributed by atoms with van der Waals surface area (Å²) >= 11 is 0. The van der Waals surface area contributed by atoms with Crippen molar-refractivity contribution in [3.05, 3.63) is 0 Å². The highest BCUT2D eigenvalue weighted by Gasteiger charge is 2.50. The summed E-state index contributed by atoms with van der Waals surface area (Å²) in [5.74, 6) is -0.849. The van der Waals surface area contributed by atoms with Gasteiger partial charge < -0.3 is 20.4 Å². The highest BCUT2D eigenvalue weighted by molar-refractivity contribution is 5.80. The molecule has 0 atom stereocenters. The van der Waals surface area contributed by atoms with Crippen LogP contribution in [0, 0.1) is 5.41 Å². The first-order valence-corrected chi connectivity index (χ1v) is 5.43. The Labute approximate surface area is 94.2 Å². The summed E-state index contributed by atoms with van der Waals surface area (Å²) in [7, 11) is 0. The van der Waals surface area contributed by atoms with Crippen molar-refractivity contribution in [3.63, 3.8) is 0 Å². The molecular weight excluding hydrogens is 212 g/mol. The SMILES string of the molecule is CCN(CCO)C(=O)NCC1(C(=O)O)CC1. The number of amides is 2. The van der Waals surface area contributed by atoms with E-state index in [0.717, 1.165) is 0 Å². The minimum atomic E-state index is -0.849. The van der Waals surface area contributed by atoms with Crippen LogP contribution in [0.25, 0.3) is 0 Å². The summed E-state index contributed by atoms with van der Waals surface area (Å²) in [4.78, 5) is 23.9.